The Kier molecular flexibility index (Phi) is 3.84. The van der Waals surface area contributed by atoms with E-state index in [0.29, 0.717) is 37.6 Å². The number of fused-ring (bicyclic) bond motifs is 1. The van der Waals surface area contributed by atoms with Gasteiger partial charge in [-0.1, -0.05) is 0 Å². The van der Waals surface area contributed by atoms with Gasteiger partial charge in [-0.25, -0.2) is 8.42 Å². The summed E-state index contributed by atoms with van der Waals surface area (Å²) in [5.74, 6) is 0.214. The van der Waals surface area contributed by atoms with Crippen molar-refractivity contribution in [3.05, 3.63) is 18.2 Å². The normalized spacial score (nSPS) is 23.5. The molecule has 0 aromatic heterocycles. The van der Waals surface area contributed by atoms with Crippen molar-refractivity contribution >= 4 is 21.6 Å². The van der Waals surface area contributed by atoms with Crippen LogP contribution in [0.4, 0.5) is 5.69 Å². The molecule has 1 atom stereocenters. The van der Waals surface area contributed by atoms with Crippen LogP contribution in [0.2, 0.25) is 0 Å². The highest BCUT2D eigenvalue weighted by molar-refractivity contribution is 7.89. The van der Waals surface area contributed by atoms with Crippen molar-refractivity contribution in [1.82, 2.24) is 9.21 Å². The van der Waals surface area contributed by atoms with Gasteiger partial charge in [-0.05, 0) is 32.2 Å². The molecular weight excluding hydrogens is 306 g/mol. The largest absolute Gasteiger partial charge is 0.479 e. The summed E-state index contributed by atoms with van der Waals surface area (Å²) < 4.78 is 32.3. The van der Waals surface area contributed by atoms with Gasteiger partial charge in [-0.2, -0.15) is 4.31 Å². The van der Waals surface area contributed by atoms with Crippen LogP contribution in [0.3, 0.4) is 0 Å². The third-order valence-corrected chi connectivity index (χ3v) is 5.88. The number of hydrogen-bond acceptors (Lipinski definition) is 5. The average Bonchev–Trinajstić information content (AvgIpc) is 2.48. The van der Waals surface area contributed by atoms with E-state index in [1.165, 1.54) is 16.4 Å². The third kappa shape index (κ3) is 2.69. The number of nitrogens with one attached hydrogen (secondary N) is 1. The summed E-state index contributed by atoms with van der Waals surface area (Å²) in [6, 6.07) is 4.58. The maximum Gasteiger partial charge on any atom is 0.265 e. The van der Waals surface area contributed by atoms with Crippen molar-refractivity contribution in [2.75, 3.05) is 38.5 Å². The van der Waals surface area contributed by atoms with Crippen LogP contribution >= 0.6 is 0 Å². The number of likely N-dealkylation sites (N-methyl/N-ethyl adjacent to an activating group) is 1. The van der Waals surface area contributed by atoms with Gasteiger partial charge in [0.25, 0.3) is 5.91 Å². The smallest absolute Gasteiger partial charge is 0.265 e. The molecule has 7 nitrogen and oxygen atoms in total. The minimum absolute atomic E-state index is 0.175. The molecule has 1 amide bonds. The van der Waals surface area contributed by atoms with E-state index >= 15 is 0 Å². The number of piperazine rings is 1. The molecule has 120 valence electrons. The highest BCUT2D eigenvalue weighted by Gasteiger charge is 2.30. The quantitative estimate of drug-likeness (QED) is 0.848. The Bertz CT molecular complexity index is 696. The lowest BCUT2D eigenvalue weighted by Gasteiger charge is -2.32. The van der Waals surface area contributed by atoms with Crippen LogP contribution < -0.4 is 10.1 Å². The Morgan fingerprint density at radius 1 is 1.23 bits per heavy atom. The summed E-state index contributed by atoms with van der Waals surface area (Å²) in [6.45, 7) is 4.00. The van der Waals surface area contributed by atoms with Crippen LogP contribution in [-0.4, -0.2) is 62.9 Å². The second-order valence-corrected chi connectivity index (χ2v) is 7.55. The van der Waals surface area contributed by atoms with Crippen molar-refractivity contribution in [3.63, 3.8) is 0 Å². The molecule has 2 heterocycles. The molecule has 1 fully saturated rings. The Balaban J connectivity index is 1.89. The monoisotopic (exact) mass is 325 g/mol. The van der Waals surface area contributed by atoms with Gasteiger partial charge in [0.1, 0.15) is 5.75 Å². The van der Waals surface area contributed by atoms with Crippen LogP contribution in [0.15, 0.2) is 23.1 Å². The molecule has 22 heavy (non-hydrogen) atoms. The molecule has 0 radical (unpaired) electrons. The van der Waals surface area contributed by atoms with E-state index in [0.717, 1.165) is 0 Å². The molecule has 1 aromatic carbocycles. The number of hydrogen-bond donors (Lipinski definition) is 1. The maximum atomic E-state index is 12.7. The fraction of sp³-hybridized carbons (Fsp3) is 0.500. The van der Waals surface area contributed by atoms with Crippen LogP contribution in [0.5, 0.6) is 5.75 Å². The van der Waals surface area contributed by atoms with Gasteiger partial charge in [0.05, 0.1) is 10.6 Å². The molecule has 0 spiro atoms. The second kappa shape index (κ2) is 5.53. The van der Waals surface area contributed by atoms with Gasteiger partial charge < -0.3 is 15.0 Å². The Labute approximate surface area is 129 Å². The molecule has 0 saturated carbocycles. The first kappa shape index (κ1) is 15.3. The van der Waals surface area contributed by atoms with Crippen LogP contribution in [0.1, 0.15) is 6.92 Å². The van der Waals surface area contributed by atoms with Crippen LogP contribution in [-0.2, 0) is 14.8 Å². The summed E-state index contributed by atoms with van der Waals surface area (Å²) in [5.41, 5.74) is 0.401. The summed E-state index contributed by atoms with van der Waals surface area (Å²) in [5, 5.41) is 2.68. The lowest BCUT2D eigenvalue weighted by Crippen LogP contribution is -2.47. The number of carbonyl (C=O) groups excluding carboxylic acids is 1. The Hall–Kier alpha value is -1.64. The highest BCUT2D eigenvalue weighted by Crippen LogP contribution is 2.32. The molecule has 0 bridgehead atoms. The zero-order valence-corrected chi connectivity index (χ0v) is 13.4. The topological polar surface area (TPSA) is 79.0 Å². The van der Waals surface area contributed by atoms with Crippen molar-refractivity contribution in [1.29, 1.82) is 0 Å². The molecule has 0 aliphatic carbocycles. The Morgan fingerprint density at radius 2 is 1.91 bits per heavy atom. The number of nitrogens with zero attached hydrogens (tertiary/aromatic N) is 2. The summed E-state index contributed by atoms with van der Waals surface area (Å²) >= 11 is 0. The van der Waals surface area contributed by atoms with E-state index in [1.54, 1.807) is 13.0 Å². The van der Waals surface area contributed by atoms with E-state index in [9.17, 15) is 13.2 Å². The molecule has 8 heteroatoms. The van der Waals surface area contributed by atoms with Gasteiger partial charge in [0.15, 0.2) is 6.10 Å². The Morgan fingerprint density at radius 3 is 2.59 bits per heavy atom. The first-order valence-corrected chi connectivity index (χ1v) is 8.62. The van der Waals surface area contributed by atoms with Crippen molar-refractivity contribution in [3.8, 4) is 5.75 Å². The lowest BCUT2D eigenvalue weighted by atomic mass is 10.2. The predicted molar refractivity (Wildman–Crippen MR) is 81.4 cm³/mol. The number of rotatable bonds is 2. The molecule has 1 aromatic rings. The first-order chi connectivity index (χ1) is 10.4. The summed E-state index contributed by atoms with van der Waals surface area (Å²) in [7, 11) is -1.58. The third-order valence-electron chi connectivity index (χ3n) is 3.98. The fourth-order valence-corrected chi connectivity index (χ4v) is 3.97. The molecule has 3 rings (SSSR count). The molecule has 0 unspecified atom stereocenters. The number of anilines is 1. The average molecular weight is 325 g/mol. The molecule has 1 N–H and O–H groups in total. The van der Waals surface area contributed by atoms with E-state index in [2.05, 4.69) is 10.2 Å². The van der Waals surface area contributed by atoms with Crippen molar-refractivity contribution < 1.29 is 17.9 Å². The van der Waals surface area contributed by atoms with Crippen LogP contribution in [0.25, 0.3) is 0 Å². The van der Waals surface area contributed by atoms with Gasteiger partial charge >= 0.3 is 0 Å². The SMILES string of the molecule is C[C@@H]1Oc2ccc(S(=O)(=O)N3CCN(C)CC3)cc2NC1=O. The van der Waals surface area contributed by atoms with Crippen molar-refractivity contribution in [2.45, 2.75) is 17.9 Å². The second-order valence-electron chi connectivity index (χ2n) is 5.61. The standard InChI is InChI=1S/C14H19N3O4S/c1-10-14(18)15-12-9-11(3-4-13(12)21-10)22(19,20)17-7-5-16(2)6-8-17/h3-4,9-10H,5-8H2,1-2H3,(H,15,18)/t10-/m0/s1. The summed E-state index contributed by atoms with van der Waals surface area (Å²) in [4.78, 5) is 13.9. The van der Waals surface area contributed by atoms with E-state index < -0.39 is 16.1 Å². The highest BCUT2D eigenvalue weighted by atomic mass is 32.2. The number of ether oxygens (including phenoxy) is 1. The molecular formula is C14H19N3O4S. The number of carbonyl (C=O) groups is 1. The van der Waals surface area contributed by atoms with Gasteiger partial charge in [-0.15, -0.1) is 0 Å². The number of sulfonamides is 1. The minimum atomic E-state index is -3.55. The zero-order chi connectivity index (χ0) is 15.9. The number of benzene rings is 1. The molecule has 1 saturated heterocycles. The molecule has 2 aliphatic heterocycles. The van der Waals surface area contributed by atoms with E-state index in [4.69, 9.17) is 4.74 Å². The van der Waals surface area contributed by atoms with Gasteiger partial charge in [-0.3, -0.25) is 4.79 Å². The maximum absolute atomic E-state index is 12.7. The minimum Gasteiger partial charge on any atom is -0.479 e. The molecule has 2 aliphatic rings. The van der Waals surface area contributed by atoms with Crippen molar-refractivity contribution in [2.24, 2.45) is 0 Å². The van der Waals surface area contributed by atoms with E-state index in [-0.39, 0.29) is 10.8 Å². The van der Waals surface area contributed by atoms with Gasteiger partial charge in [0.2, 0.25) is 10.0 Å². The summed E-state index contributed by atoms with van der Waals surface area (Å²) in [6.07, 6.45) is -0.576. The zero-order valence-electron chi connectivity index (χ0n) is 12.6. The number of amides is 1. The first-order valence-electron chi connectivity index (χ1n) is 7.18. The lowest BCUT2D eigenvalue weighted by molar-refractivity contribution is -0.122. The van der Waals surface area contributed by atoms with Gasteiger partial charge in [0, 0.05) is 26.2 Å². The fourth-order valence-electron chi connectivity index (χ4n) is 2.53. The van der Waals surface area contributed by atoms with Crippen LogP contribution in [0, 0.1) is 0 Å². The van der Waals surface area contributed by atoms with E-state index in [1.807, 2.05) is 7.05 Å². The predicted octanol–water partition coefficient (Wildman–Crippen LogP) is 0.342.